The van der Waals surface area contributed by atoms with Crippen LogP contribution in [0.3, 0.4) is 0 Å². The number of rotatable bonds is 6. The fourth-order valence-corrected chi connectivity index (χ4v) is 6.35. The predicted molar refractivity (Wildman–Crippen MR) is 162 cm³/mol. The number of hydrogen-bond donors (Lipinski definition) is 0. The van der Waals surface area contributed by atoms with E-state index in [1.54, 1.807) is 18.3 Å². The number of para-hydroxylation sites is 1. The van der Waals surface area contributed by atoms with Gasteiger partial charge in [0.15, 0.2) is 5.75 Å². The van der Waals surface area contributed by atoms with E-state index >= 15 is 0 Å². The maximum atomic E-state index is 13.5. The second kappa shape index (κ2) is 11.3. The van der Waals surface area contributed by atoms with E-state index in [9.17, 15) is 4.79 Å². The average molecular weight is 601 g/mol. The smallest absolute Gasteiger partial charge is 0.282 e. The van der Waals surface area contributed by atoms with Crippen LogP contribution in [-0.4, -0.2) is 15.9 Å². The maximum absolute atomic E-state index is 13.5. The van der Waals surface area contributed by atoms with Gasteiger partial charge in [-0.05, 0) is 74.9 Å². The van der Waals surface area contributed by atoms with Gasteiger partial charge in [-0.15, -0.1) is 0 Å². The zero-order valence-corrected chi connectivity index (χ0v) is 23.7. The normalized spacial score (nSPS) is 14.4. The Morgan fingerprint density at radius 2 is 1.72 bits per heavy atom. The highest BCUT2D eigenvalue weighted by Gasteiger charge is 2.22. The first-order chi connectivity index (χ1) is 19.1. The van der Waals surface area contributed by atoms with E-state index in [-0.39, 0.29) is 11.5 Å². The summed E-state index contributed by atoms with van der Waals surface area (Å²) in [5.41, 5.74) is 2.39. The van der Waals surface area contributed by atoms with Crippen molar-refractivity contribution in [3.8, 4) is 5.75 Å². The summed E-state index contributed by atoms with van der Waals surface area (Å²) in [7, 11) is 0. The summed E-state index contributed by atoms with van der Waals surface area (Å²) >= 11 is 10.3. The van der Waals surface area contributed by atoms with Crippen LogP contribution in [0.4, 0.5) is 0 Å². The molecule has 1 aromatic heterocycles. The summed E-state index contributed by atoms with van der Waals surface area (Å²) in [6, 6.07) is 25.6. The van der Waals surface area contributed by atoms with Crippen LogP contribution in [-0.2, 0) is 6.61 Å². The fourth-order valence-electron chi connectivity index (χ4n) is 5.36. The van der Waals surface area contributed by atoms with Gasteiger partial charge < -0.3 is 4.74 Å². The molecule has 1 fully saturated rings. The van der Waals surface area contributed by atoms with Gasteiger partial charge in [0.25, 0.3) is 5.56 Å². The molecule has 5 nitrogen and oxygen atoms in total. The second-order valence-electron chi connectivity index (χ2n) is 9.92. The standard InChI is InChI=1S/C32H27BrClN3O2/c33-27-17-21(18-28(34)30(27)39-20-24-13-8-12-22-9-4-5-14-25(22)24)19-35-37-31(23-10-2-1-3-11-23)36-29-16-7-6-15-26(29)32(37)38/h4-9,12-19,23H,1-3,10-11,20H2. The number of fused-ring (bicyclic) bond motifs is 2. The Morgan fingerprint density at radius 1 is 0.974 bits per heavy atom. The Bertz CT molecular complexity index is 1730. The quantitative estimate of drug-likeness (QED) is 0.184. The Hall–Kier alpha value is -3.48. The summed E-state index contributed by atoms with van der Waals surface area (Å²) in [6.45, 7) is 0.385. The molecule has 1 aliphatic rings. The Morgan fingerprint density at radius 3 is 2.54 bits per heavy atom. The predicted octanol–water partition coefficient (Wildman–Crippen LogP) is 8.47. The molecule has 0 amide bonds. The average Bonchev–Trinajstić information content (AvgIpc) is 2.96. The lowest BCUT2D eigenvalue weighted by molar-refractivity contribution is 0.306. The molecule has 1 saturated carbocycles. The summed E-state index contributed by atoms with van der Waals surface area (Å²) in [5.74, 6) is 1.51. The molecule has 0 radical (unpaired) electrons. The molecule has 6 rings (SSSR count). The highest BCUT2D eigenvalue weighted by Crippen LogP contribution is 2.36. The van der Waals surface area contributed by atoms with Gasteiger partial charge in [-0.1, -0.05) is 85.5 Å². The lowest BCUT2D eigenvalue weighted by Crippen LogP contribution is -2.25. The van der Waals surface area contributed by atoms with Gasteiger partial charge in [0.1, 0.15) is 12.4 Å². The van der Waals surface area contributed by atoms with Crippen molar-refractivity contribution in [2.45, 2.75) is 44.6 Å². The van der Waals surface area contributed by atoms with Crippen LogP contribution in [0, 0.1) is 0 Å². The molecular formula is C32H27BrClN3O2. The molecule has 5 aromatic rings. The highest BCUT2D eigenvalue weighted by atomic mass is 79.9. The summed E-state index contributed by atoms with van der Waals surface area (Å²) < 4.78 is 8.35. The van der Waals surface area contributed by atoms with Crippen LogP contribution in [0.2, 0.25) is 5.02 Å². The Balaban J connectivity index is 1.30. The van der Waals surface area contributed by atoms with E-state index < -0.39 is 0 Å². The van der Waals surface area contributed by atoms with E-state index in [0.717, 1.165) is 48.0 Å². The molecule has 39 heavy (non-hydrogen) atoms. The van der Waals surface area contributed by atoms with Crippen molar-refractivity contribution in [3.05, 3.63) is 116 Å². The molecule has 0 atom stereocenters. The minimum atomic E-state index is -0.155. The van der Waals surface area contributed by atoms with Crippen molar-refractivity contribution in [2.75, 3.05) is 0 Å². The Labute approximate surface area is 240 Å². The van der Waals surface area contributed by atoms with Gasteiger partial charge in [-0.2, -0.15) is 9.78 Å². The van der Waals surface area contributed by atoms with Gasteiger partial charge in [0.2, 0.25) is 0 Å². The van der Waals surface area contributed by atoms with Crippen molar-refractivity contribution in [2.24, 2.45) is 5.10 Å². The topological polar surface area (TPSA) is 56.5 Å². The van der Waals surface area contributed by atoms with Crippen LogP contribution in [0.1, 0.15) is 55.0 Å². The molecule has 7 heteroatoms. The Kier molecular flexibility index (Phi) is 7.49. The van der Waals surface area contributed by atoms with E-state index in [4.69, 9.17) is 21.3 Å². The zero-order chi connectivity index (χ0) is 26.8. The van der Waals surface area contributed by atoms with Gasteiger partial charge >= 0.3 is 0 Å². The van der Waals surface area contributed by atoms with Crippen molar-refractivity contribution in [1.29, 1.82) is 0 Å². The third-order valence-corrected chi connectivity index (χ3v) is 8.21. The maximum Gasteiger partial charge on any atom is 0.282 e. The lowest BCUT2D eigenvalue weighted by Gasteiger charge is -2.22. The molecule has 0 saturated heterocycles. The van der Waals surface area contributed by atoms with Gasteiger partial charge in [-0.3, -0.25) is 4.79 Å². The van der Waals surface area contributed by atoms with Gasteiger partial charge in [0, 0.05) is 5.92 Å². The lowest BCUT2D eigenvalue weighted by atomic mass is 9.88. The zero-order valence-electron chi connectivity index (χ0n) is 21.3. The second-order valence-corrected chi connectivity index (χ2v) is 11.2. The van der Waals surface area contributed by atoms with Gasteiger partial charge in [-0.25, -0.2) is 4.98 Å². The third kappa shape index (κ3) is 5.36. The first-order valence-electron chi connectivity index (χ1n) is 13.2. The van der Waals surface area contributed by atoms with Crippen LogP contribution in [0.5, 0.6) is 5.75 Å². The summed E-state index contributed by atoms with van der Waals surface area (Å²) in [5, 5.41) is 7.98. The minimum Gasteiger partial charge on any atom is -0.486 e. The van der Waals surface area contributed by atoms with Crippen molar-refractivity contribution >= 4 is 55.4 Å². The number of halogens is 2. The van der Waals surface area contributed by atoms with Crippen LogP contribution < -0.4 is 10.3 Å². The molecule has 0 aliphatic heterocycles. The monoisotopic (exact) mass is 599 g/mol. The molecular weight excluding hydrogens is 574 g/mol. The molecule has 1 aliphatic carbocycles. The number of nitrogens with zero attached hydrogens (tertiary/aromatic N) is 3. The third-order valence-electron chi connectivity index (χ3n) is 7.34. The van der Waals surface area contributed by atoms with E-state index in [1.165, 1.54) is 16.5 Å². The molecule has 0 bridgehead atoms. The molecule has 196 valence electrons. The highest BCUT2D eigenvalue weighted by molar-refractivity contribution is 9.10. The van der Waals surface area contributed by atoms with Crippen molar-refractivity contribution < 1.29 is 4.74 Å². The van der Waals surface area contributed by atoms with Crippen LogP contribution in [0.25, 0.3) is 21.7 Å². The minimum absolute atomic E-state index is 0.155. The van der Waals surface area contributed by atoms with Crippen molar-refractivity contribution in [1.82, 2.24) is 9.66 Å². The number of ether oxygens (including phenoxy) is 1. The first kappa shape index (κ1) is 25.8. The first-order valence-corrected chi connectivity index (χ1v) is 14.4. The largest absolute Gasteiger partial charge is 0.486 e. The summed E-state index contributed by atoms with van der Waals surface area (Å²) in [6.07, 6.45) is 7.19. The number of benzene rings is 4. The fraction of sp³-hybridized carbons (Fsp3) is 0.219. The van der Waals surface area contributed by atoms with Crippen LogP contribution >= 0.6 is 27.5 Å². The van der Waals surface area contributed by atoms with E-state index in [2.05, 4.69) is 45.3 Å². The van der Waals surface area contributed by atoms with E-state index in [0.29, 0.717) is 32.8 Å². The SMILES string of the molecule is O=c1c2ccccc2nc(C2CCCCC2)n1N=Cc1cc(Cl)c(OCc2cccc3ccccc23)c(Br)c1. The molecule has 4 aromatic carbocycles. The molecule has 0 spiro atoms. The summed E-state index contributed by atoms with van der Waals surface area (Å²) in [4.78, 5) is 18.4. The van der Waals surface area contributed by atoms with Crippen molar-refractivity contribution in [3.63, 3.8) is 0 Å². The molecule has 0 unspecified atom stereocenters. The van der Waals surface area contributed by atoms with Gasteiger partial charge in [0.05, 0.1) is 26.6 Å². The number of aromatic nitrogens is 2. The van der Waals surface area contributed by atoms with E-state index in [1.807, 2.05) is 42.5 Å². The molecule has 0 N–H and O–H groups in total. The molecule has 1 heterocycles. The van der Waals surface area contributed by atoms with Crippen LogP contribution in [0.15, 0.2) is 93.2 Å². The number of hydrogen-bond acceptors (Lipinski definition) is 4.